The summed E-state index contributed by atoms with van der Waals surface area (Å²) in [6.45, 7) is 3.21. The number of aromatic nitrogens is 1. The lowest BCUT2D eigenvalue weighted by molar-refractivity contribution is -0.125. The first-order valence-corrected chi connectivity index (χ1v) is 8.42. The van der Waals surface area contributed by atoms with Gasteiger partial charge in [-0.15, -0.1) is 0 Å². The molecular weight excluding hydrogens is 330 g/mol. The summed E-state index contributed by atoms with van der Waals surface area (Å²) in [7, 11) is 0. The molecule has 0 aliphatic carbocycles. The van der Waals surface area contributed by atoms with Crippen LogP contribution >= 0.6 is 0 Å². The van der Waals surface area contributed by atoms with Gasteiger partial charge in [0.1, 0.15) is 22.8 Å². The number of fused-ring (bicyclic) bond motifs is 1. The van der Waals surface area contributed by atoms with E-state index in [4.69, 9.17) is 0 Å². The van der Waals surface area contributed by atoms with Crippen LogP contribution in [0.4, 0.5) is 0 Å². The van der Waals surface area contributed by atoms with Crippen LogP contribution in [0, 0.1) is 5.41 Å². The van der Waals surface area contributed by atoms with E-state index >= 15 is 0 Å². The summed E-state index contributed by atoms with van der Waals surface area (Å²) in [6.07, 6.45) is 2.13. The lowest BCUT2D eigenvalue weighted by atomic mass is 9.75. The monoisotopic (exact) mass is 351 g/mol. The number of ketones is 2. The van der Waals surface area contributed by atoms with Gasteiger partial charge in [-0.2, -0.15) is 0 Å². The molecule has 26 heavy (non-hydrogen) atoms. The van der Waals surface area contributed by atoms with Gasteiger partial charge in [0.2, 0.25) is 0 Å². The molecule has 0 fully saturated rings. The van der Waals surface area contributed by atoms with Crippen LogP contribution in [0.1, 0.15) is 36.2 Å². The molecule has 0 radical (unpaired) electrons. The second kappa shape index (κ2) is 6.67. The fourth-order valence-corrected chi connectivity index (χ4v) is 3.27. The number of hydrogen-bond donors (Lipinski definition) is 3. The van der Waals surface area contributed by atoms with Crippen LogP contribution in [-0.2, 0) is 11.2 Å². The first kappa shape index (κ1) is 17.7. The van der Waals surface area contributed by atoms with Gasteiger partial charge >= 0.3 is 0 Å². The molecule has 0 aliphatic rings. The van der Waals surface area contributed by atoms with E-state index in [9.17, 15) is 19.8 Å². The number of para-hydroxylation sites is 1. The molecule has 3 aromatic rings. The average molecular weight is 351 g/mol. The van der Waals surface area contributed by atoms with Crippen LogP contribution in [0.25, 0.3) is 10.9 Å². The summed E-state index contributed by atoms with van der Waals surface area (Å²) in [5, 5.41) is 20.9. The quantitative estimate of drug-likeness (QED) is 0.586. The first-order valence-electron chi connectivity index (χ1n) is 8.42. The van der Waals surface area contributed by atoms with Crippen molar-refractivity contribution >= 4 is 22.5 Å². The summed E-state index contributed by atoms with van der Waals surface area (Å²) >= 11 is 0. The molecule has 0 amide bonds. The zero-order chi connectivity index (χ0) is 18.9. The van der Waals surface area contributed by atoms with E-state index in [0.717, 1.165) is 16.5 Å². The number of Topliss-reactive ketones (excluding diaryl/α,β-unsaturated/α-hetero) is 2. The van der Waals surface area contributed by atoms with Crippen molar-refractivity contribution in [2.75, 3.05) is 0 Å². The minimum atomic E-state index is -0.948. The molecule has 2 aromatic carbocycles. The molecule has 0 saturated carbocycles. The van der Waals surface area contributed by atoms with Crippen molar-refractivity contribution in [2.24, 2.45) is 5.41 Å². The zero-order valence-electron chi connectivity index (χ0n) is 14.7. The van der Waals surface area contributed by atoms with Crippen LogP contribution in [0.2, 0.25) is 0 Å². The molecule has 5 heteroatoms. The molecule has 5 nitrogen and oxygen atoms in total. The van der Waals surface area contributed by atoms with Gasteiger partial charge in [0, 0.05) is 28.9 Å². The van der Waals surface area contributed by atoms with Crippen LogP contribution in [-0.4, -0.2) is 26.8 Å². The lowest BCUT2D eigenvalue weighted by Crippen LogP contribution is -2.31. The molecule has 134 valence electrons. The third kappa shape index (κ3) is 3.20. The van der Waals surface area contributed by atoms with E-state index in [2.05, 4.69) is 4.98 Å². The zero-order valence-corrected chi connectivity index (χ0v) is 14.7. The maximum atomic E-state index is 12.7. The van der Waals surface area contributed by atoms with Crippen molar-refractivity contribution < 1.29 is 19.8 Å². The normalized spacial score (nSPS) is 13.5. The van der Waals surface area contributed by atoms with Gasteiger partial charge in [-0.3, -0.25) is 9.59 Å². The van der Waals surface area contributed by atoms with E-state index in [1.807, 2.05) is 30.5 Å². The SMILES string of the molecule is CC(=O)C(C)(CC(=O)c1c(O)cccc1O)Cc1c[nH]c2ccccc12. The topological polar surface area (TPSA) is 90.4 Å². The number of phenolic OH excluding ortho intramolecular Hbond substituents is 2. The Balaban J connectivity index is 1.93. The summed E-state index contributed by atoms with van der Waals surface area (Å²) in [4.78, 5) is 28.3. The highest BCUT2D eigenvalue weighted by atomic mass is 16.3. The molecule has 0 spiro atoms. The van der Waals surface area contributed by atoms with E-state index in [-0.39, 0.29) is 29.3 Å². The Labute approximate surface area is 151 Å². The Morgan fingerprint density at radius 2 is 1.69 bits per heavy atom. The number of rotatable bonds is 6. The molecule has 1 aromatic heterocycles. The smallest absolute Gasteiger partial charge is 0.171 e. The third-order valence-electron chi connectivity index (χ3n) is 4.96. The van der Waals surface area contributed by atoms with Crippen molar-refractivity contribution in [3.63, 3.8) is 0 Å². The lowest BCUT2D eigenvalue weighted by Gasteiger charge is -2.26. The van der Waals surface area contributed by atoms with E-state index in [0.29, 0.717) is 6.42 Å². The Kier molecular flexibility index (Phi) is 4.55. The Morgan fingerprint density at radius 1 is 1.04 bits per heavy atom. The molecule has 0 aliphatic heterocycles. The number of aromatic amines is 1. The minimum absolute atomic E-state index is 0.104. The molecule has 1 heterocycles. The third-order valence-corrected chi connectivity index (χ3v) is 4.96. The van der Waals surface area contributed by atoms with Crippen LogP contribution < -0.4 is 0 Å². The number of benzene rings is 2. The molecule has 0 bridgehead atoms. The fourth-order valence-electron chi connectivity index (χ4n) is 3.27. The molecule has 3 rings (SSSR count). The number of hydrogen-bond acceptors (Lipinski definition) is 4. The maximum Gasteiger partial charge on any atom is 0.171 e. The Morgan fingerprint density at radius 3 is 2.35 bits per heavy atom. The summed E-state index contributed by atoms with van der Waals surface area (Å²) in [6, 6.07) is 11.9. The van der Waals surface area contributed by atoms with Crippen LogP contribution in [0.15, 0.2) is 48.7 Å². The van der Waals surface area contributed by atoms with Crippen LogP contribution in [0.5, 0.6) is 11.5 Å². The van der Waals surface area contributed by atoms with E-state index in [1.54, 1.807) is 6.92 Å². The van der Waals surface area contributed by atoms with E-state index < -0.39 is 11.2 Å². The van der Waals surface area contributed by atoms with Crippen molar-refractivity contribution in [3.8, 4) is 11.5 Å². The van der Waals surface area contributed by atoms with Crippen LogP contribution in [0.3, 0.4) is 0 Å². The van der Waals surface area contributed by atoms with Crippen molar-refractivity contribution in [3.05, 3.63) is 59.8 Å². The summed E-state index contributed by atoms with van der Waals surface area (Å²) in [5.41, 5.74) is 0.834. The van der Waals surface area contributed by atoms with Crippen molar-refractivity contribution in [1.29, 1.82) is 0 Å². The maximum absolute atomic E-state index is 12.7. The standard InChI is InChI=1S/C21H21NO4/c1-13(23)21(2,10-14-12-22-16-7-4-3-6-15(14)16)11-19(26)20-17(24)8-5-9-18(20)25/h3-9,12,22,24-25H,10-11H2,1-2H3. The number of carbonyl (C=O) groups excluding carboxylic acids is 2. The van der Waals surface area contributed by atoms with Gasteiger partial charge in [-0.1, -0.05) is 31.2 Å². The molecular formula is C21H21NO4. The molecule has 1 unspecified atom stereocenters. The predicted octanol–water partition coefficient (Wildman–Crippen LogP) is 3.99. The average Bonchev–Trinajstić information content (AvgIpc) is 2.97. The van der Waals surface area contributed by atoms with Crippen molar-refractivity contribution in [2.45, 2.75) is 26.7 Å². The Hall–Kier alpha value is -3.08. The molecule has 0 saturated heterocycles. The number of aromatic hydroxyl groups is 2. The summed E-state index contributed by atoms with van der Waals surface area (Å²) in [5.74, 6) is -1.15. The van der Waals surface area contributed by atoms with Gasteiger partial charge in [-0.25, -0.2) is 0 Å². The number of nitrogens with one attached hydrogen (secondary N) is 1. The molecule has 1 atom stereocenters. The highest BCUT2D eigenvalue weighted by molar-refractivity contribution is 6.03. The van der Waals surface area contributed by atoms with Crippen molar-refractivity contribution in [1.82, 2.24) is 4.98 Å². The first-order chi connectivity index (χ1) is 12.3. The highest BCUT2D eigenvalue weighted by Gasteiger charge is 2.35. The van der Waals surface area contributed by atoms with Gasteiger partial charge < -0.3 is 15.2 Å². The van der Waals surface area contributed by atoms with E-state index in [1.165, 1.54) is 25.1 Å². The second-order valence-electron chi connectivity index (χ2n) is 6.92. The largest absolute Gasteiger partial charge is 0.507 e. The number of carbonyl (C=O) groups is 2. The fraction of sp³-hybridized carbons (Fsp3) is 0.238. The van der Waals surface area contributed by atoms with Gasteiger partial charge in [0.05, 0.1) is 0 Å². The van der Waals surface area contributed by atoms with Gasteiger partial charge in [0.15, 0.2) is 5.78 Å². The number of phenols is 2. The van der Waals surface area contributed by atoms with Gasteiger partial charge in [-0.05, 0) is 37.1 Å². The Bertz CT molecular complexity index is 968. The second-order valence-corrected chi connectivity index (χ2v) is 6.92. The summed E-state index contributed by atoms with van der Waals surface area (Å²) < 4.78 is 0. The highest BCUT2D eigenvalue weighted by Crippen LogP contribution is 2.35. The predicted molar refractivity (Wildman–Crippen MR) is 99.5 cm³/mol. The molecule has 3 N–H and O–H groups in total. The van der Waals surface area contributed by atoms with Gasteiger partial charge in [0.25, 0.3) is 0 Å². The number of H-pyrrole nitrogens is 1. The minimum Gasteiger partial charge on any atom is -0.507 e.